The molecule has 0 radical (unpaired) electrons. The van der Waals surface area contributed by atoms with Crippen LogP contribution in [0.4, 0.5) is 5.69 Å². The largest absolute Gasteiger partial charge is 0.377 e. The van der Waals surface area contributed by atoms with Crippen molar-refractivity contribution in [2.45, 2.75) is 27.4 Å². The van der Waals surface area contributed by atoms with Gasteiger partial charge >= 0.3 is 0 Å². The molecule has 0 bridgehead atoms. The van der Waals surface area contributed by atoms with E-state index in [0.717, 1.165) is 28.2 Å². The van der Waals surface area contributed by atoms with Crippen molar-refractivity contribution in [3.8, 4) is 5.69 Å². The highest BCUT2D eigenvalue weighted by Gasteiger charge is 2.17. The summed E-state index contributed by atoms with van der Waals surface area (Å²) in [4.78, 5) is 12.8. The van der Waals surface area contributed by atoms with Gasteiger partial charge in [-0.1, -0.05) is 36.4 Å². The van der Waals surface area contributed by atoms with Gasteiger partial charge in [-0.2, -0.15) is 5.10 Å². The zero-order valence-corrected chi connectivity index (χ0v) is 15.3. The number of nitrogens with zero attached hydrogens (tertiary/aromatic N) is 2. The minimum atomic E-state index is -0.175. The number of benzene rings is 2. The van der Waals surface area contributed by atoms with Crippen LogP contribution in [0.25, 0.3) is 5.69 Å². The standard InChI is InChI=1S/C21H23N3O2/c1-4-26-14-17-10-6-7-11-19(17)23-21(25)18-13-22-24(16(18)3)20-12-8-5-9-15(20)2/h5-13H,4,14H2,1-3H3,(H,23,25). The maximum atomic E-state index is 12.8. The number of hydrogen-bond donors (Lipinski definition) is 1. The van der Waals surface area contributed by atoms with Crippen LogP contribution in [0.5, 0.6) is 0 Å². The average Bonchev–Trinajstić information content (AvgIpc) is 3.03. The van der Waals surface area contributed by atoms with E-state index in [1.54, 1.807) is 10.9 Å². The molecule has 0 spiro atoms. The molecular formula is C21H23N3O2. The van der Waals surface area contributed by atoms with Gasteiger partial charge < -0.3 is 10.1 Å². The van der Waals surface area contributed by atoms with Crippen molar-refractivity contribution < 1.29 is 9.53 Å². The minimum Gasteiger partial charge on any atom is -0.377 e. The molecule has 0 unspecified atom stereocenters. The molecule has 0 aliphatic carbocycles. The Bertz CT molecular complexity index is 915. The molecule has 0 aliphatic rings. The van der Waals surface area contributed by atoms with Gasteiger partial charge in [-0.3, -0.25) is 4.79 Å². The molecule has 0 fully saturated rings. The van der Waals surface area contributed by atoms with Gasteiger partial charge in [-0.15, -0.1) is 0 Å². The minimum absolute atomic E-state index is 0.175. The summed E-state index contributed by atoms with van der Waals surface area (Å²) in [5, 5.41) is 7.40. The maximum Gasteiger partial charge on any atom is 0.259 e. The number of aromatic nitrogens is 2. The number of carbonyl (C=O) groups excluding carboxylic acids is 1. The van der Waals surface area contributed by atoms with Crippen molar-refractivity contribution in [2.24, 2.45) is 0 Å². The first kappa shape index (κ1) is 17.9. The van der Waals surface area contributed by atoms with E-state index in [0.29, 0.717) is 18.8 Å². The quantitative estimate of drug-likeness (QED) is 0.723. The Morgan fingerprint density at radius 3 is 2.62 bits per heavy atom. The van der Waals surface area contributed by atoms with Crippen molar-refractivity contribution in [3.63, 3.8) is 0 Å². The molecule has 0 aliphatic heterocycles. The van der Waals surface area contributed by atoms with Gasteiger partial charge in [0.05, 0.1) is 29.7 Å². The van der Waals surface area contributed by atoms with E-state index in [9.17, 15) is 4.79 Å². The number of anilines is 1. The summed E-state index contributed by atoms with van der Waals surface area (Å²) in [5.41, 5.74) is 5.15. The first-order valence-electron chi connectivity index (χ1n) is 8.69. The third kappa shape index (κ3) is 3.68. The lowest BCUT2D eigenvalue weighted by Crippen LogP contribution is -2.14. The molecule has 0 saturated heterocycles. The van der Waals surface area contributed by atoms with Gasteiger partial charge in [-0.25, -0.2) is 4.68 Å². The van der Waals surface area contributed by atoms with Crippen LogP contribution < -0.4 is 5.32 Å². The molecule has 0 atom stereocenters. The fourth-order valence-corrected chi connectivity index (χ4v) is 2.85. The molecule has 5 nitrogen and oxygen atoms in total. The number of para-hydroxylation sites is 2. The third-order valence-corrected chi connectivity index (χ3v) is 4.33. The van der Waals surface area contributed by atoms with Gasteiger partial charge in [0.15, 0.2) is 0 Å². The number of rotatable bonds is 6. The van der Waals surface area contributed by atoms with Crippen LogP contribution in [0.1, 0.15) is 34.1 Å². The number of ether oxygens (including phenoxy) is 1. The summed E-state index contributed by atoms with van der Waals surface area (Å²) < 4.78 is 7.28. The highest BCUT2D eigenvalue weighted by molar-refractivity contribution is 6.05. The van der Waals surface area contributed by atoms with Crippen LogP contribution >= 0.6 is 0 Å². The summed E-state index contributed by atoms with van der Waals surface area (Å²) in [6.07, 6.45) is 1.61. The summed E-state index contributed by atoms with van der Waals surface area (Å²) in [5.74, 6) is -0.175. The normalized spacial score (nSPS) is 10.7. The SMILES string of the molecule is CCOCc1ccccc1NC(=O)c1cnn(-c2ccccc2C)c1C. The topological polar surface area (TPSA) is 56.1 Å². The Hall–Kier alpha value is -2.92. The van der Waals surface area contributed by atoms with Crippen molar-refractivity contribution in [2.75, 3.05) is 11.9 Å². The molecule has 3 aromatic rings. The Labute approximate surface area is 153 Å². The second-order valence-corrected chi connectivity index (χ2v) is 6.09. The molecule has 1 heterocycles. The van der Waals surface area contributed by atoms with E-state index in [2.05, 4.69) is 10.4 Å². The molecule has 1 amide bonds. The maximum absolute atomic E-state index is 12.8. The van der Waals surface area contributed by atoms with E-state index in [1.807, 2.05) is 69.3 Å². The van der Waals surface area contributed by atoms with E-state index >= 15 is 0 Å². The second-order valence-electron chi connectivity index (χ2n) is 6.09. The van der Waals surface area contributed by atoms with Gasteiger partial charge in [0.25, 0.3) is 5.91 Å². The molecule has 1 N–H and O–H groups in total. The van der Waals surface area contributed by atoms with Crippen LogP contribution in [0.15, 0.2) is 54.7 Å². The number of carbonyl (C=O) groups is 1. The fraction of sp³-hybridized carbons (Fsp3) is 0.238. The van der Waals surface area contributed by atoms with Gasteiger partial charge in [-0.05, 0) is 38.5 Å². The van der Waals surface area contributed by atoms with Gasteiger partial charge in [0, 0.05) is 17.9 Å². The monoisotopic (exact) mass is 349 g/mol. The average molecular weight is 349 g/mol. The molecular weight excluding hydrogens is 326 g/mol. The van der Waals surface area contributed by atoms with E-state index in [1.165, 1.54) is 0 Å². The molecule has 5 heteroatoms. The van der Waals surface area contributed by atoms with Crippen molar-refractivity contribution in [1.29, 1.82) is 0 Å². The number of hydrogen-bond acceptors (Lipinski definition) is 3. The van der Waals surface area contributed by atoms with E-state index in [-0.39, 0.29) is 5.91 Å². The zero-order valence-electron chi connectivity index (χ0n) is 15.3. The lowest BCUT2D eigenvalue weighted by Gasteiger charge is -2.11. The molecule has 0 saturated carbocycles. The smallest absolute Gasteiger partial charge is 0.259 e. The summed E-state index contributed by atoms with van der Waals surface area (Å²) in [6.45, 7) is 6.98. The number of aryl methyl sites for hydroxylation is 1. The highest BCUT2D eigenvalue weighted by Crippen LogP contribution is 2.20. The van der Waals surface area contributed by atoms with Crippen molar-refractivity contribution in [1.82, 2.24) is 9.78 Å². The lowest BCUT2D eigenvalue weighted by molar-refractivity contribution is 0.102. The summed E-state index contributed by atoms with van der Waals surface area (Å²) in [7, 11) is 0. The summed E-state index contributed by atoms with van der Waals surface area (Å²) in [6, 6.07) is 15.6. The van der Waals surface area contributed by atoms with Crippen LogP contribution in [-0.2, 0) is 11.3 Å². The Kier molecular flexibility index (Phi) is 5.49. The lowest BCUT2D eigenvalue weighted by atomic mass is 10.1. The van der Waals surface area contributed by atoms with Crippen molar-refractivity contribution >= 4 is 11.6 Å². The zero-order chi connectivity index (χ0) is 18.5. The Balaban J connectivity index is 1.85. The molecule has 134 valence electrons. The van der Waals surface area contributed by atoms with Crippen LogP contribution in [-0.4, -0.2) is 22.3 Å². The molecule has 26 heavy (non-hydrogen) atoms. The van der Waals surface area contributed by atoms with E-state index in [4.69, 9.17) is 4.74 Å². The van der Waals surface area contributed by atoms with Gasteiger partial charge in [0.1, 0.15) is 0 Å². The molecule has 3 rings (SSSR count). The first-order valence-corrected chi connectivity index (χ1v) is 8.69. The first-order chi connectivity index (χ1) is 12.6. The van der Waals surface area contributed by atoms with Crippen molar-refractivity contribution in [3.05, 3.63) is 77.1 Å². The number of amides is 1. The van der Waals surface area contributed by atoms with E-state index < -0.39 is 0 Å². The Morgan fingerprint density at radius 1 is 1.12 bits per heavy atom. The number of nitrogens with one attached hydrogen (secondary N) is 1. The van der Waals surface area contributed by atoms with Gasteiger partial charge in [0.2, 0.25) is 0 Å². The summed E-state index contributed by atoms with van der Waals surface area (Å²) >= 11 is 0. The third-order valence-electron chi connectivity index (χ3n) is 4.33. The molecule has 2 aromatic carbocycles. The Morgan fingerprint density at radius 2 is 1.85 bits per heavy atom. The fourth-order valence-electron chi connectivity index (χ4n) is 2.85. The van der Waals surface area contributed by atoms with Crippen LogP contribution in [0.3, 0.4) is 0 Å². The molecule has 1 aromatic heterocycles. The highest BCUT2D eigenvalue weighted by atomic mass is 16.5. The second kappa shape index (κ2) is 7.97. The van der Waals surface area contributed by atoms with Crippen LogP contribution in [0.2, 0.25) is 0 Å². The predicted molar refractivity (Wildman–Crippen MR) is 103 cm³/mol. The predicted octanol–water partition coefficient (Wildman–Crippen LogP) is 4.28. The van der Waals surface area contributed by atoms with Crippen LogP contribution in [0, 0.1) is 13.8 Å².